The van der Waals surface area contributed by atoms with Crippen LogP contribution in [-0.2, 0) is 9.59 Å². The number of amides is 2. The Hall–Kier alpha value is -2.08. The van der Waals surface area contributed by atoms with Crippen molar-refractivity contribution in [3.8, 4) is 0 Å². The molecule has 1 aromatic rings. The second-order valence-corrected chi connectivity index (χ2v) is 5.35. The number of hydrogen-bond acceptors (Lipinski definition) is 4. The van der Waals surface area contributed by atoms with Crippen LogP contribution < -0.4 is 16.4 Å². The molecular formula is C15H22N4O2. The molecule has 6 nitrogen and oxygen atoms in total. The number of aryl methyl sites for hydroxylation is 1. The van der Waals surface area contributed by atoms with Gasteiger partial charge >= 0.3 is 0 Å². The van der Waals surface area contributed by atoms with Crippen LogP contribution in [0.25, 0.3) is 0 Å². The van der Waals surface area contributed by atoms with Crippen molar-refractivity contribution in [3.63, 3.8) is 0 Å². The number of nitrogen functional groups attached to an aromatic ring is 1. The fourth-order valence-corrected chi connectivity index (χ4v) is 2.31. The summed E-state index contributed by atoms with van der Waals surface area (Å²) in [4.78, 5) is 25.5. The number of nitrogens with one attached hydrogen (secondary N) is 2. The van der Waals surface area contributed by atoms with E-state index >= 15 is 0 Å². The van der Waals surface area contributed by atoms with Crippen molar-refractivity contribution in [1.29, 1.82) is 0 Å². The first-order chi connectivity index (χ1) is 10.0. The van der Waals surface area contributed by atoms with E-state index in [0.717, 1.165) is 24.2 Å². The van der Waals surface area contributed by atoms with Crippen molar-refractivity contribution in [3.05, 3.63) is 23.8 Å². The van der Waals surface area contributed by atoms with Gasteiger partial charge in [0.2, 0.25) is 11.8 Å². The molecule has 0 aliphatic carbocycles. The van der Waals surface area contributed by atoms with Crippen LogP contribution in [0.15, 0.2) is 18.2 Å². The van der Waals surface area contributed by atoms with E-state index in [1.54, 1.807) is 12.1 Å². The highest BCUT2D eigenvalue weighted by Crippen LogP contribution is 2.18. The maximum Gasteiger partial charge on any atom is 0.234 e. The smallest absolute Gasteiger partial charge is 0.234 e. The molecule has 21 heavy (non-hydrogen) atoms. The van der Waals surface area contributed by atoms with E-state index in [-0.39, 0.29) is 11.8 Å². The summed E-state index contributed by atoms with van der Waals surface area (Å²) in [7, 11) is 0. The molecule has 1 aliphatic heterocycles. The molecule has 1 heterocycles. The van der Waals surface area contributed by atoms with Gasteiger partial charge in [0.05, 0.1) is 6.54 Å². The predicted molar refractivity (Wildman–Crippen MR) is 82.9 cm³/mol. The Kier molecular flexibility index (Phi) is 5.16. The van der Waals surface area contributed by atoms with Crippen molar-refractivity contribution in [2.45, 2.75) is 19.8 Å². The third kappa shape index (κ3) is 4.75. The van der Waals surface area contributed by atoms with E-state index in [0.29, 0.717) is 31.7 Å². The van der Waals surface area contributed by atoms with Gasteiger partial charge in [0.15, 0.2) is 0 Å². The van der Waals surface area contributed by atoms with Crippen LogP contribution in [0.1, 0.15) is 18.4 Å². The molecule has 1 saturated heterocycles. The number of carbonyl (C=O) groups is 2. The summed E-state index contributed by atoms with van der Waals surface area (Å²) in [5, 5.41) is 5.69. The van der Waals surface area contributed by atoms with Crippen LogP contribution in [0, 0.1) is 6.92 Å². The van der Waals surface area contributed by atoms with E-state index in [1.165, 1.54) is 0 Å². The molecule has 0 radical (unpaired) electrons. The molecule has 0 saturated carbocycles. The molecule has 2 rings (SSSR count). The Morgan fingerprint density at radius 1 is 1.48 bits per heavy atom. The second kappa shape index (κ2) is 7.08. The molecule has 2 amide bonds. The van der Waals surface area contributed by atoms with Crippen molar-refractivity contribution in [1.82, 2.24) is 10.2 Å². The predicted octanol–water partition coefficient (Wildman–Crippen LogP) is 0.728. The maximum atomic E-state index is 12.0. The third-order valence-corrected chi connectivity index (χ3v) is 3.53. The highest BCUT2D eigenvalue weighted by molar-refractivity contribution is 5.92. The fraction of sp³-hybridized carbons (Fsp3) is 0.467. The molecule has 1 aliphatic rings. The monoisotopic (exact) mass is 290 g/mol. The average molecular weight is 290 g/mol. The van der Waals surface area contributed by atoms with Crippen molar-refractivity contribution in [2.75, 3.05) is 37.2 Å². The topological polar surface area (TPSA) is 87.5 Å². The molecule has 4 N–H and O–H groups in total. The molecule has 0 bridgehead atoms. The minimum Gasteiger partial charge on any atom is -0.399 e. The first-order valence-electron chi connectivity index (χ1n) is 7.19. The Labute approximate surface area is 124 Å². The Bertz CT molecular complexity index is 530. The van der Waals surface area contributed by atoms with Crippen molar-refractivity contribution >= 4 is 23.2 Å². The molecule has 0 spiro atoms. The Morgan fingerprint density at radius 2 is 2.29 bits per heavy atom. The molecule has 0 atom stereocenters. The Balaban J connectivity index is 1.84. The van der Waals surface area contributed by atoms with Gasteiger partial charge in [-0.3, -0.25) is 14.5 Å². The fourth-order valence-electron chi connectivity index (χ4n) is 2.31. The van der Waals surface area contributed by atoms with Gasteiger partial charge in [-0.25, -0.2) is 0 Å². The number of benzene rings is 1. The second-order valence-electron chi connectivity index (χ2n) is 5.35. The minimum absolute atomic E-state index is 0.0274. The van der Waals surface area contributed by atoms with E-state index < -0.39 is 0 Å². The van der Waals surface area contributed by atoms with Crippen molar-refractivity contribution < 1.29 is 9.59 Å². The average Bonchev–Trinajstić information content (AvgIpc) is 2.65. The normalized spacial score (nSPS) is 16.1. The van der Waals surface area contributed by atoms with Crippen LogP contribution in [0.2, 0.25) is 0 Å². The standard InChI is InChI=1S/C15H22N4O2/c1-11-3-4-12(16)9-13(11)18-14(20)5-8-19-7-2-6-17-15(21)10-19/h3-4,9H,2,5-8,10,16H2,1H3,(H,17,21)(H,18,20). The molecule has 1 fully saturated rings. The highest BCUT2D eigenvalue weighted by atomic mass is 16.2. The zero-order valence-electron chi connectivity index (χ0n) is 12.3. The van der Waals surface area contributed by atoms with Gasteiger partial charge in [0.25, 0.3) is 0 Å². The van der Waals surface area contributed by atoms with Crippen LogP contribution in [0.5, 0.6) is 0 Å². The lowest BCUT2D eigenvalue weighted by molar-refractivity contribution is -0.122. The SMILES string of the molecule is Cc1ccc(N)cc1NC(=O)CCN1CCCNC(=O)C1. The quantitative estimate of drug-likeness (QED) is 0.713. The summed E-state index contributed by atoms with van der Waals surface area (Å²) >= 11 is 0. The van der Waals surface area contributed by atoms with Gasteiger partial charge in [0.1, 0.15) is 0 Å². The van der Waals surface area contributed by atoms with Crippen LogP contribution in [0.4, 0.5) is 11.4 Å². The third-order valence-electron chi connectivity index (χ3n) is 3.53. The zero-order valence-corrected chi connectivity index (χ0v) is 12.3. The lowest BCUT2D eigenvalue weighted by Gasteiger charge is -2.18. The molecule has 1 aromatic carbocycles. The van der Waals surface area contributed by atoms with Crippen molar-refractivity contribution in [2.24, 2.45) is 0 Å². The number of hydrogen-bond donors (Lipinski definition) is 3. The van der Waals surface area contributed by atoms with Gasteiger partial charge in [-0.1, -0.05) is 6.07 Å². The van der Waals surface area contributed by atoms with Gasteiger partial charge < -0.3 is 16.4 Å². The van der Waals surface area contributed by atoms with Crippen LogP contribution in [-0.4, -0.2) is 42.9 Å². The first kappa shape index (κ1) is 15.3. The largest absolute Gasteiger partial charge is 0.399 e. The van der Waals surface area contributed by atoms with Gasteiger partial charge in [-0.2, -0.15) is 0 Å². The summed E-state index contributed by atoms with van der Waals surface area (Å²) in [5.74, 6) is -0.0343. The lowest BCUT2D eigenvalue weighted by Crippen LogP contribution is -2.34. The van der Waals surface area contributed by atoms with Gasteiger partial charge in [-0.05, 0) is 31.0 Å². The van der Waals surface area contributed by atoms with Crippen LogP contribution in [0.3, 0.4) is 0 Å². The van der Waals surface area contributed by atoms with Gasteiger partial charge in [0, 0.05) is 37.4 Å². The van der Waals surface area contributed by atoms with Gasteiger partial charge in [-0.15, -0.1) is 0 Å². The van der Waals surface area contributed by atoms with E-state index in [2.05, 4.69) is 10.6 Å². The molecular weight excluding hydrogens is 268 g/mol. The summed E-state index contributed by atoms with van der Waals surface area (Å²) in [6, 6.07) is 5.44. The summed E-state index contributed by atoms with van der Waals surface area (Å²) in [6.07, 6.45) is 1.28. The summed E-state index contributed by atoms with van der Waals surface area (Å²) in [5.41, 5.74) is 8.07. The molecule has 114 valence electrons. The molecule has 0 unspecified atom stereocenters. The summed E-state index contributed by atoms with van der Waals surface area (Å²) in [6.45, 7) is 4.42. The maximum absolute atomic E-state index is 12.0. The van der Waals surface area contributed by atoms with E-state index in [1.807, 2.05) is 17.9 Å². The van der Waals surface area contributed by atoms with E-state index in [4.69, 9.17) is 5.73 Å². The number of nitrogens with two attached hydrogens (primary N) is 1. The summed E-state index contributed by atoms with van der Waals surface area (Å²) < 4.78 is 0. The number of nitrogens with zero attached hydrogens (tertiary/aromatic N) is 1. The molecule has 6 heteroatoms. The number of anilines is 2. The first-order valence-corrected chi connectivity index (χ1v) is 7.19. The minimum atomic E-state index is -0.0617. The highest BCUT2D eigenvalue weighted by Gasteiger charge is 2.15. The number of carbonyl (C=O) groups excluding carboxylic acids is 2. The number of rotatable bonds is 4. The van der Waals surface area contributed by atoms with E-state index in [9.17, 15) is 9.59 Å². The lowest BCUT2D eigenvalue weighted by atomic mass is 10.2. The zero-order chi connectivity index (χ0) is 15.2. The Morgan fingerprint density at radius 3 is 3.10 bits per heavy atom. The molecule has 0 aromatic heterocycles. The van der Waals surface area contributed by atoms with Crippen LogP contribution >= 0.6 is 0 Å².